The number of nitriles is 1. The van der Waals surface area contributed by atoms with Crippen LogP contribution in [0.2, 0.25) is 0 Å². The number of nitrogens with zero attached hydrogens (tertiary/aromatic N) is 1. The molecule has 1 atom stereocenters. The molecule has 3 heteroatoms. The predicted octanol–water partition coefficient (Wildman–Crippen LogP) is 2.45. The van der Waals surface area contributed by atoms with Crippen LogP contribution in [0.15, 0.2) is 24.3 Å². The van der Waals surface area contributed by atoms with Crippen LogP contribution >= 0.6 is 0 Å². The minimum Gasteiger partial charge on any atom is -0.320 e. The van der Waals surface area contributed by atoms with Gasteiger partial charge in [0, 0.05) is 27.1 Å². The van der Waals surface area contributed by atoms with E-state index in [2.05, 4.69) is 31.3 Å². The van der Waals surface area contributed by atoms with Crippen LogP contribution in [0.4, 0.5) is 0 Å². The monoisotopic (exact) mass is 399 g/mol. The molecule has 17 heavy (non-hydrogen) atoms. The van der Waals surface area contributed by atoms with Gasteiger partial charge in [-0.2, -0.15) is 0 Å². The van der Waals surface area contributed by atoms with Crippen LogP contribution in [0.25, 0.3) is 0 Å². The van der Waals surface area contributed by atoms with Crippen LogP contribution in [0.1, 0.15) is 24.5 Å². The number of nitrogens with one attached hydrogen (secondary N) is 1. The van der Waals surface area contributed by atoms with Gasteiger partial charge >= 0.3 is 0 Å². The molecule has 92 valence electrons. The standard InChI is InChI=1S/C10H8N.C4H11N.W/c1-10(7-11)6-8-4-2-3-5-9(8)10;1-3-4-5-2;/h2-5H,1,6H2;5H,3-4H2,1-2H3;/q-1;;. The summed E-state index contributed by atoms with van der Waals surface area (Å²) in [7, 11) is 1.96. The molecule has 0 saturated carbocycles. The van der Waals surface area contributed by atoms with Crippen LogP contribution in [-0.2, 0) is 32.9 Å². The van der Waals surface area contributed by atoms with Gasteiger partial charge in [-0.15, -0.1) is 0 Å². The Morgan fingerprint density at radius 2 is 2.12 bits per heavy atom. The van der Waals surface area contributed by atoms with E-state index in [9.17, 15) is 0 Å². The fourth-order valence-corrected chi connectivity index (χ4v) is 1.80. The normalized spacial score (nSPS) is 19.6. The molecule has 2 rings (SSSR count). The smallest absolute Gasteiger partial charge is 0.0407 e. The van der Waals surface area contributed by atoms with Crippen LogP contribution in [0, 0.1) is 18.3 Å². The molecule has 2 nitrogen and oxygen atoms in total. The summed E-state index contributed by atoms with van der Waals surface area (Å²) in [6, 6.07) is 10.2. The molecular formula is C14H19N2W-. The first-order valence-corrected chi connectivity index (χ1v) is 5.67. The molecule has 1 aromatic rings. The third-order valence-electron chi connectivity index (χ3n) is 2.74. The molecule has 1 aromatic carbocycles. The molecule has 0 aliphatic heterocycles. The summed E-state index contributed by atoms with van der Waals surface area (Å²) in [6.45, 7) is 7.16. The largest absolute Gasteiger partial charge is 0.320 e. The molecule has 0 heterocycles. The Bertz CT molecular complexity index is 382. The molecule has 0 spiro atoms. The molecule has 1 N–H and O–H groups in total. The van der Waals surface area contributed by atoms with Crippen molar-refractivity contribution < 1.29 is 21.1 Å². The van der Waals surface area contributed by atoms with Crippen LogP contribution in [0.3, 0.4) is 0 Å². The zero-order chi connectivity index (χ0) is 12.0. The average molecular weight is 399 g/mol. The van der Waals surface area contributed by atoms with Crippen LogP contribution in [0.5, 0.6) is 0 Å². The third-order valence-corrected chi connectivity index (χ3v) is 2.74. The Morgan fingerprint density at radius 1 is 1.47 bits per heavy atom. The van der Waals surface area contributed by atoms with Gasteiger partial charge in [-0.05, 0) is 37.4 Å². The third kappa shape index (κ3) is 3.94. The van der Waals surface area contributed by atoms with Gasteiger partial charge in [0.2, 0.25) is 0 Å². The second-order valence-electron chi connectivity index (χ2n) is 4.13. The van der Waals surface area contributed by atoms with E-state index in [4.69, 9.17) is 5.26 Å². The topological polar surface area (TPSA) is 35.8 Å². The number of fused-ring (bicyclic) bond motifs is 1. The molecule has 0 fully saturated rings. The maximum absolute atomic E-state index is 8.78. The SMILES string of the molecule is CCCNC.[CH2-]C1(C#N)Cc2ccccc21.[W]. The first-order chi connectivity index (χ1) is 7.68. The van der Waals surface area contributed by atoms with Gasteiger partial charge < -0.3 is 12.2 Å². The molecule has 0 aromatic heterocycles. The van der Waals surface area contributed by atoms with E-state index in [1.807, 2.05) is 25.2 Å². The molecule has 0 radical (unpaired) electrons. The Balaban J connectivity index is 0.000000373. The number of hydrogen-bond donors (Lipinski definition) is 1. The zero-order valence-electron chi connectivity index (χ0n) is 10.5. The number of benzene rings is 1. The molecule has 0 amide bonds. The van der Waals surface area contributed by atoms with Crippen molar-refractivity contribution in [1.29, 1.82) is 5.26 Å². The van der Waals surface area contributed by atoms with Gasteiger partial charge in [0.1, 0.15) is 0 Å². The Kier molecular flexibility index (Phi) is 7.35. The Morgan fingerprint density at radius 3 is 2.53 bits per heavy atom. The number of rotatable bonds is 2. The zero-order valence-corrected chi connectivity index (χ0v) is 13.4. The summed E-state index contributed by atoms with van der Waals surface area (Å²) in [5, 5.41) is 11.8. The van der Waals surface area contributed by atoms with Gasteiger partial charge in [0.25, 0.3) is 0 Å². The van der Waals surface area contributed by atoms with E-state index in [0.717, 1.165) is 18.5 Å². The summed E-state index contributed by atoms with van der Waals surface area (Å²) in [4.78, 5) is 0. The van der Waals surface area contributed by atoms with E-state index < -0.39 is 5.41 Å². The number of hydrogen-bond acceptors (Lipinski definition) is 2. The van der Waals surface area contributed by atoms with Crippen molar-refractivity contribution in [2.24, 2.45) is 0 Å². The minimum atomic E-state index is -0.448. The summed E-state index contributed by atoms with van der Waals surface area (Å²) >= 11 is 0. The fourth-order valence-electron chi connectivity index (χ4n) is 1.80. The summed E-state index contributed by atoms with van der Waals surface area (Å²) in [6.07, 6.45) is 2.04. The molecular weight excluding hydrogens is 380 g/mol. The van der Waals surface area contributed by atoms with E-state index >= 15 is 0 Å². The van der Waals surface area contributed by atoms with Gasteiger partial charge in [-0.3, -0.25) is 0 Å². The summed E-state index contributed by atoms with van der Waals surface area (Å²) in [5.74, 6) is 0. The Labute approximate surface area is 119 Å². The maximum Gasteiger partial charge on any atom is 0.0407 e. The molecule has 0 bridgehead atoms. The van der Waals surface area contributed by atoms with E-state index in [1.165, 1.54) is 12.0 Å². The molecule has 1 unspecified atom stereocenters. The van der Waals surface area contributed by atoms with Crippen molar-refractivity contribution in [3.8, 4) is 6.07 Å². The molecule has 1 aliphatic rings. The summed E-state index contributed by atoms with van der Waals surface area (Å²) < 4.78 is 0. The second-order valence-corrected chi connectivity index (χ2v) is 4.13. The van der Waals surface area contributed by atoms with Crippen molar-refractivity contribution in [3.05, 3.63) is 42.3 Å². The van der Waals surface area contributed by atoms with E-state index in [0.29, 0.717) is 0 Å². The van der Waals surface area contributed by atoms with Crippen molar-refractivity contribution in [2.75, 3.05) is 13.6 Å². The van der Waals surface area contributed by atoms with E-state index in [1.54, 1.807) is 0 Å². The van der Waals surface area contributed by atoms with Crippen molar-refractivity contribution in [2.45, 2.75) is 25.2 Å². The van der Waals surface area contributed by atoms with Gasteiger partial charge in [0.15, 0.2) is 0 Å². The van der Waals surface area contributed by atoms with Gasteiger partial charge in [-0.1, -0.05) is 36.8 Å². The quantitative estimate of drug-likeness (QED) is 0.776. The van der Waals surface area contributed by atoms with Gasteiger partial charge in [-0.25, -0.2) is 5.26 Å². The maximum atomic E-state index is 8.78. The van der Waals surface area contributed by atoms with Gasteiger partial charge in [0.05, 0.1) is 0 Å². The minimum absolute atomic E-state index is 0. The van der Waals surface area contributed by atoms with Crippen molar-refractivity contribution in [3.63, 3.8) is 0 Å². The van der Waals surface area contributed by atoms with Crippen molar-refractivity contribution >= 4 is 0 Å². The second kappa shape index (κ2) is 7.64. The predicted molar refractivity (Wildman–Crippen MR) is 67.0 cm³/mol. The first kappa shape index (κ1) is 16.4. The molecule has 1 aliphatic carbocycles. The first-order valence-electron chi connectivity index (χ1n) is 5.67. The molecule has 0 saturated heterocycles. The van der Waals surface area contributed by atoms with E-state index in [-0.39, 0.29) is 21.1 Å². The summed E-state index contributed by atoms with van der Waals surface area (Å²) in [5.41, 5.74) is 1.92. The Hall–Kier alpha value is -0.642. The van der Waals surface area contributed by atoms with Crippen LogP contribution < -0.4 is 5.32 Å². The van der Waals surface area contributed by atoms with Crippen molar-refractivity contribution in [1.82, 2.24) is 5.32 Å². The average Bonchev–Trinajstić information content (AvgIpc) is 2.29. The fraction of sp³-hybridized carbons (Fsp3) is 0.429. The van der Waals surface area contributed by atoms with Crippen LogP contribution in [-0.4, -0.2) is 13.6 Å².